The first-order valence-electron chi connectivity index (χ1n) is 6.04. The average molecular weight is 326 g/mol. The number of hydrogen-bond donors (Lipinski definition) is 1. The Kier molecular flexibility index (Phi) is 4.59. The second-order valence-corrected chi connectivity index (χ2v) is 6.87. The van der Waals surface area contributed by atoms with Gasteiger partial charge in [0.15, 0.2) is 9.84 Å². The first kappa shape index (κ1) is 15.5. The van der Waals surface area contributed by atoms with Gasteiger partial charge in [-0.1, -0.05) is 17.7 Å². The van der Waals surface area contributed by atoms with E-state index in [9.17, 15) is 13.2 Å². The molecule has 0 amide bonds. The van der Waals surface area contributed by atoms with Crippen LogP contribution in [0.25, 0.3) is 0 Å². The molecule has 0 fully saturated rings. The van der Waals surface area contributed by atoms with E-state index >= 15 is 0 Å². The second kappa shape index (κ2) is 6.24. The summed E-state index contributed by atoms with van der Waals surface area (Å²) < 4.78 is 24.6. The van der Waals surface area contributed by atoms with E-state index in [1.807, 2.05) is 0 Å². The lowest BCUT2D eigenvalue weighted by Gasteiger charge is -2.07. The van der Waals surface area contributed by atoms with Crippen molar-refractivity contribution < 1.29 is 18.3 Å². The van der Waals surface area contributed by atoms with E-state index in [1.54, 1.807) is 24.5 Å². The van der Waals surface area contributed by atoms with Crippen LogP contribution in [0.5, 0.6) is 0 Å². The molecule has 5 nitrogen and oxygen atoms in total. The molecule has 110 valence electrons. The SMILES string of the molecule is O=C(O)c1ccc(Cl)c(S(=O)(=O)CCc2cccnc2)c1. The zero-order chi connectivity index (χ0) is 15.5. The average Bonchev–Trinajstić information content (AvgIpc) is 2.46. The maximum Gasteiger partial charge on any atom is 0.335 e. The molecule has 1 aromatic carbocycles. The molecule has 7 heteroatoms. The first-order valence-corrected chi connectivity index (χ1v) is 8.08. The van der Waals surface area contributed by atoms with E-state index in [1.165, 1.54) is 12.1 Å². The maximum atomic E-state index is 12.3. The molecule has 1 heterocycles. The number of aromatic carboxylic acids is 1. The molecule has 0 bridgehead atoms. The van der Waals surface area contributed by atoms with Gasteiger partial charge in [0, 0.05) is 12.4 Å². The van der Waals surface area contributed by atoms with E-state index in [-0.39, 0.29) is 27.7 Å². The van der Waals surface area contributed by atoms with Crippen molar-refractivity contribution in [3.05, 3.63) is 58.9 Å². The molecule has 1 N–H and O–H groups in total. The molecular formula is C14H12ClNO4S. The number of pyridine rings is 1. The molecular weight excluding hydrogens is 314 g/mol. The van der Waals surface area contributed by atoms with Gasteiger partial charge < -0.3 is 5.11 Å². The molecule has 0 unspecified atom stereocenters. The molecule has 1 aromatic heterocycles. The van der Waals surface area contributed by atoms with Crippen LogP contribution in [0.15, 0.2) is 47.6 Å². The van der Waals surface area contributed by atoms with Crippen molar-refractivity contribution in [3.63, 3.8) is 0 Å². The van der Waals surface area contributed by atoms with Crippen molar-refractivity contribution in [2.24, 2.45) is 0 Å². The highest BCUT2D eigenvalue weighted by Gasteiger charge is 2.20. The van der Waals surface area contributed by atoms with Crippen LogP contribution in [0.4, 0.5) is 0 Å². The second-order valence-electron chi connectivity index (χ2n) is 4.38. The van der Waals surface area contributed by atoms with Gasteiger partial charge in [0.25, 0.3) is 0 Å². The zero-order valence-electron chi connectivity index (χ0n) is 10.9. The Hall–Kier alpha value is -1.92. The van der Waals surface area contributed by atoms with Crippen LogP contribution in [0.3, 0.4) is 0 Å². The maximum absolute atomic E-state index is 12.3. The molecule has 0 saturated carbocycles. The Morgan fingerprint density at radius 3 is 2.67 bits per heavy atom. The number of carboxylic acid groups (broad SMARTS) is 1. The van der Waals surface area contributed by atoms with Gasteiger partial charge in [0.2, 0.25) is 0 Å². The van der Waals surface area contributed by atoms with Crippen LogP contribution >= 0.6 is 11.6 Å². The number of rotatable bonds is 5. The number of aromatic nitrogens is 1. The molecule has 0 aliphatic heterocycles. The molecule has 21 heavy (non-hydrogen) atoms. The van der Waals surface area contributed by atoms with Crippen LogP contribution in [-0.2, 0) is 16.3 Å². The lowest BCUT2D eigenvalue weighted by atomic mass is 10.2. The summed E-state index contributed by atoms with van der Waals surface area (Å²) in [6.45, 7) is 0. The fourth-order valence-electron chi connectivity index (χ4n) is 1.78. The van der Waals surface area contributed by atoms with Crippen LogP contribution in [0, 0.1) is 0 Å². The van der Waals surface area contributed by atoms with Crippen molar-refractivity contribution >= 4 is 27.4 Å². The summed E-state index contributed by atoms with van der Waals surface area (Å²) in [5.74, 6) is -1.36. The van der Waals surface area contributed by atoms with Crippen LogP contribution < -0.4 is 0 Å². The van der Waals surface area contributed by atoms with E-state index in [0.717, 1.165) is 11.6 Å². The number of aryl methyl sites for hydroxylation is 1. The van der Waals surface area contributed by atoms with Gasteiger partial charge in [0.05, 0.1) is 21.2 Å². The van der Waals surface area contributed by atoms with Gasteiger partial charge >= 0.3 is 5.97 Å². The monoisotopic (exact) mass is 325 g/mol. The van der Waals surface area contributed by atoms with Crippen molar-refractivity contribution in [1.29, 1.82) is 0 Å². The fraction of sp³-hybridized carbons (Fsp3) is 0.143. The van der Waals surface area contributed by atoms with Crippen molar-refractivity contribution in [2.75, 3.05) is 5.75 Å². The van der Waals surface area contributed by atoms with E-state index in [0.29, 0.717) is 0 Å². The quantitative estimate of drug-likeness (QED) is 0.912. The molecule has 2 rings (SSSR count). The summed E-state index contributed by atoms with van der Waals surface area (Å²) in [6.07, 6.45) is 3.47. The summed E-state index contributed by atoms with van der Waals surface area (Å²) in [5, 5.41) is 8.95. The van der Waals surface area contributed by atoms with Crippen molar-refractivity contribution in [1.82, 2.24) is 4.98 Å². The summed E-state index contributed by atoms with van der Waals surface area (Å²) in [5.41, 5.74) is 0.672. The summed E-state index contributed by atoms with van der Waals surface area (Å²) >= 11 is 5.88. The van der Waals surface area contributed by atoms with Gasteiger partial charge in [0.1, 0.15) is 0 Å². The van der Waals surface area contributed by atoms with Gasteiger partial charge in [-0.05, 0) is 36.2 Å². The molecule has 2 aromatic rings. The molecule has 0 aliphatic rings. The topological polar surface area (TPSA) is 84.3 Å². The number of sulfone groups is 1. The van der Waals surface area contributed by atoms with Crippen LogP contribution in [0.2, 0.25) is 5.02 Å². The van der Waals surface area contributed by atoms with Crippen LogP contribution in [0.1, 0.15) is 15.9 Å². The largest absolute Gasteiger partial charge is 0.478 e. The van der Waals surface area contributed by atoms with Gasteiger partial charge in [-0.15, -0.1) is 0 Å². The summed E-state index contributed by atoms with van der Waals surface area (Å²) in [7, 11) is -3.67. The predicted octanol–water partition coefficient (Wildman–Crippen LogP) is 2.45. The van der Waals surface area contributed by atoms with Crippen molar-refractivity contribution in [2.45, 2.75) is 11.3 Å². The summed E-state index contributed by atoms with van der Waals surface area (Å²) in [6, 6.07) is 7.13. The highest BCUT2D eigenvalue weighted by Crippen LogP contribution is 2.24. The third-order valence-corrected chi connectivity index (χ3v) is 5.09. The number of carbonyl (C=O) groups is 1. The normalized spacial score (nSPS) is 11.3. The number of halogens is 1. The Balaban J connectivity index is 2.27. The standard InChI is InChI=1S/C14H12ClNO4S/c15-12-4-3-11(14(17)18)8-13(12)21(19,20)7-5-10-2-1-6-16-9-10/h1-4,6,8-9H,5,7H2,(H,17,18). The Morgan fingerprint density at radius 2 is 2.05 bits per heavy atom. The number of nitrogens with zero attached hydrogens (tertiary/aromatic N) is 1. The Labute approximate surface area is 127 Å². The number of benzene rings is 1. The first-order chi connectivity index (χ1) is 9.90. The molecule has 0 atom stereocenters. The van der Waals surface area contributed by atoms with Gasteiger partial charge in [-0.2, -0.15) is 0 Å². The molecule has 0 spiro atoms. The van der Waals surface area contributed by atoms with E-state index < -0.39 is 15.8 Å². The molecule has 0 saturated heterocycles. The minimum atomic E-state index is -3.67. The van der Waals surface area contributed by atoms with Gasteiger partial charge in [-0.25, -0.2) is 13.2 Å². The number of carboxylic acids is 1. The predicted molar refractivity (Wildman–Crippen MR) is 78.4 cm³/mol. The molecule has 0 radical (unpaired) electrons. The Morgan fingerprint density at radius 1 is 1.29 bits per heavy atom. The third-order valence-electron chi connectivity index (χ3n) is 2.90. The van der Waals surface area contributed by atoms with Crippen LogP contribution in [-0.4, -0.2) is 30.2 Å². The third kappa shape index (κ3) is 3.80. The van der Waals surface area contributed by atoms with Crippen molar-refractivity contribution in [3.8, 4) is 0 Å². The molecule has 0 aliphatic carbocycles. The van der Waals surface area contributed by atoms with E-state index in [2.05, 4.69) is 4.98 Å². The Bertz CT molecular complexity index is 760. The number of hydrogen-bond acceptors (Lipinski definition) is 4. The highest BCUT2D eigenvalue weighted by atomic mass is 35.5. The highest BCUT2D eigenvalue weighted by molar-refractivity contribution is 7.91. The smallest absolute Gasteiger partial charge is 0.335 e. The summed E-state index contributed by atoms with van der Waals surface area (Å²) in [4.78, 5) is 14.7. The lowest BCUT2D eigenvalue weighted by molar-refractivity contribution is 0.0696. The minimum Gasteiger partial charge on any atom is -0.478 e. The van der Waals surface area contributed by atoms with Gasteiger partial charge in [-0.3, -0.25) is 4.98 Å². The minimum absolute atomic E-state index is 0.0196. The zero-order valence-corrected chi connectivity index (χ0v) is 12.4. The lowest BCUT2D eigenvalue weighted by Crippen LogP contribution is -2.11. The fourth-order valence-corrected chi connectivity index (χ4v) is 3.65. The van der Waals surface area contributed by atoms with E-state index in [4.69, 9.17) is 16.7 Å².